The average Bonchev–Trinajstić information content (AvgIpc) is 2.31. The Balaban J connectivity index is 1.94. The van der Waals surface area contributed by atoms with Gasteiger partial charge in [-0.2, -0.15) is 0 Å². The lowest BCUT2D eigenvalue weighted by atomic mass is 9.99. The van der Waals surface area contributed by atoms with Gasteiger partial charge in [0.2, 0.25) is 0 Å². The molecule has 0 radical (unpaired) electrons. The van der Waals surface area contributed by atoms with Crippen LogP contribution >= 0.6 is 0 Å². The Hall–Kier alpha value is -1.03. The molecule has 18 heavy (non-hydrogen) atoms. The summed E-state index contributed by atoms with van der Waals surface area (Å²) in [4.78, 5) is 2.03. The largest absolute Gasteiger partial charge is 0.305 e. The van der Waals surface area contributed by atoms with E-state index in [1.807, 2.05) is 17.1 Å². The molecular formula is C14H20F2N2. The Morgan fingerprint density at radius 1 is 1.28 bits per heavy atom. The summed E-state index contributed by atoms with van der Waals surface area (Å²) in [5.41, 5.74) is 1.65. The summed E-state index contributed by atoms with van der Waals surface area (Å²) < 4.78 is 26.1. The van der Waals surface area contributed by atoms with Crippen LogP contribution in [0.4, 0.5) is 8.78 Å². The molecule has 2 nitrogen and oxygen atoms in total. The number of allylic oxidation sites excluding steroid dienone is 3. The minimum Gasteiger partial charge on any atom is -0.305 e. The molecule has 1 N–H and O–H groups in total. The van der Waals surface area contributed by atoms with E-state index in [4.69, 9.17) is 5.41 Å². The molecule has 1 aliphatic carbocycles. The van der Waals surface area contributed by atoms with Crippen molar-refractivity contribution in [1.29, 1.82) is 5.41 Å². The number of halogens is 2. The van der Waals surface area contributed by atoms with E-state index in [0.29, 0.717) is 25.3 Å². The maximum atomic E-state index is 13.1. The number of nitrogens with one attached hydrogen (secondary N) is 1. The molecule has 1 fully saturated rings. The molecule has 1 heterocycles. The molecule has 0 aromatic carbocycles. The second-order valence-electron chi connectivity index (χ2n) is 5.12. The maximum absolute atomic E-state index is 13.1. The fraction of sp³-hybridized carbons (Fsp3) is 0.643. The molecule has 2 aliphatic rings. The zero-order valence-corrected chi connectivity index (χ0v) is 10.6. The molecule has 0 spiro atoms. The Morgan fingerprint density at radius 2 is 2.00 bits per heavy atom. The third-order valence-electron chi connectivity index (χ3n) is 3.60. The number of rotatable bonds is 2. The smallest absolute Gasteiger partial charge is 0.250 e. The van der Waals surface area contributed by atoms with Gasteiger partial charge in [0.1, 0.15) is 0 Å². The van der Waals surface area contributed by atoms with Crippen LogP contribution in [0.15, 0.2) is 23.8 Å². The summed E-state index contributed by atoms with van der Waals surface area (Å²) in [7, 11) is 0. The standard InChI is InChI=1S/C14H20F2N2/c15-14(16)7-9-18(10-8-14)11-12-5-3-1-2-4-6-13(12)17/h1,3,5,17H,2,4,6-11H2/b3-1?,12-5-,17-13?. The van der Waals surface area contributed by atoms with Gasteiger partial charge in [0.15, 0.2) is 0 Å². The van der Waals surface area contributed by atoms with E-state index in [1.165, 1.54) is 0 Å². The van der Waals surface area contributed by atoms with Gasteiger partial charge in [-0.25, -0.2) is 8.78 Å². The molecule has 4 heteroatoms. The molecule has 0 unspecified atom stereocenters. The van der Waals surface area contributed by atoms with Crippen molar-refractivity contribution in [2.24, 2.45) is 0 Å². The van der Waals surface area contributed by atoms with Gasteiger partial charge in [-0.3, -0.25) is 4.90 Å². The summed E-state index contributed by atoms with van der Waals surface area (Å²) in [6.07, 6.45) is 8.77. The van der Waals surface area contributed by atoms with Crippen molar-refractivity contribution < 1.29 is 8.78 Å². The van der Waals surface area contributed by atoms with Crippen LogP contribution in [0, 0.1) is 5.41 Å². The fourth-order valence-corrected chi connectivity index (χ4v) is 2.37. The lowest BCUT2D eigenvalue weighted by Crippen LogP contribution is -2.40. The molecule has 0 amide bonds. The van der Waals surface area contributed by atoms with Crippen LogP contribution in [0.2, 0.25) is 0 Å². The van der Waals surface area contributed by atoms with Crippen LogP contribution in [-0.2, 0) is 0 Å². The molecule has 0 atom stereocenters. The molecule has 0 aromatic heterocycles. The summed E-state index contributed by atoms with van der Waals surface area (Å²) in [5.74, 6) is -2.49. The molecule has 0 bridgehead atoms. The fourth-order valence-electron chi connectivity index (χ4n) is 2.37. The van der Waals surface area contributed by atoms with E-state index in [-0.39, 0.29) is 12.8 Å². The monoisotopic (exact) mass is 254 g/mol. The van der Waals surface area contributed by atoms with Crippen LogP contribution in [0.25, 0.3) is 0 Å². The predicted octanol–water partition coefficient (Wildman–Crippen LogP) is 3.40. The Morgan fingerprint density at radius 3 is 2.72 bits per heavy atom. The van der Waals surface area contributed by atoms with Crippen LogP contribution in [0.3, 0.4) is 0 Å². The van der Waals surface area contributed by atoms with Gasteiger partial charge in [-0.1, -0.05) is 18.2 Å². The number of hydrogen-bond donors (Lipinski definition) is 1. The number of nitrogens with zero attached hydrogens (tertiary/aromatic N) is 1. The van der Waals surface area contributed by atoms with E-state index < -0.39 is 5.92 Å². The summed E-state index contributed by atoms with van der Waals surface area (Å²) in [6.45, 7) is 1.50. The second kappa shape index (κ2) is 5.74. The summed E-state index contributed by atoms with van der Waals surface area (Å²) >= 11 is 0. The number of alkyl halides is 2. The quantitative estimate of drug-likeness (QED) is 0.803. The Kier molecular flexibility index (Phi) is 4.27. The van der Waals surface area contributed by atoms with E-state index in [1.54, 1.807) is 0 Å². The van der Waals surface area contributed by atoms with Crippen molar-refractivity contribution in [3.05, 3.63) is 23.8 Å². The van der Waals surface area contributed by atoms with Crippen molar-refractivity contribution in [2.75, 3.05) is 19.6 Å². The van der Waals surface area contributed by atoms with Crippen molar-refractivity contribution in [3.63, 3.8) is 0 Å². The lowest BCUT2D eigenvalue weighted by Gasteiger charge is -2.32. The molecule has 1 aliphatic heterocycles. The molecular weight excluding hydrogens is 234 g/mol. The first kappa shape index (κ1) is 13.4. The highest BCUT2D eigenvalue weighted by Crippen LogP contribution is 2.28. The first-order valence-corrected chi connectivity index (χ1v) is 6.60. The number of likely N-dealkylation sites (tertiary alicyclic amines) is 1. The van der Waals surface area contributed by atoms with E-state index in [2.05, 4.69) is 6.08 Å². The molecule has 0 aromatic rings. The van der Waals surface area contributed by atoms with Gasteiger partial charge in [0, 0.05) is 38.2 Å². The SMILES string of the molecule is N=C1CCCC=C/C=C\1CN1CCC(F)(F)CC1. The van der Waals surface area contributed by atoms with Gasteiger partial charge >= 0.3 is 0 Å². The van der Waals surface area contributed by atoms with E-state index in [0.717, 1.165) is 24.8 Å². The number of hydrogen-bond acceptors (Lipinski definition) is 2. The first-order valence-electron chi connectivity index (χ1n) is 6.60. The highest BCUT2D eigenvalue weighted by atomic mass is 19.3. The van der Waals surface area contributed by atoms with Crippen LogP contribution in [0.5, 0.6) is 0 Å². The zero-order valence-electron chi connectivity index (χ0n) is 10.6. The Bertz CT molecular complexity index is 362. The highest BCUT2D eigenvalue weighted by molar-refractivity contribution is 5.98. The van der Waals surface area contributed by atoms with E-state index >= 15 is 0 Å². The topological polar surface area (TPSA) is 27.1 Å². The second-order valence-corrected chi connectivity index (χ2v) is 5.12. The van der Waals surface area contributed by atoms with Crippen molar-refractivity contribution >= 4 is 5.71 Å². The van der Waals surface area contributed by atoms with Crippen molar-refractivity contribution in [1.82, 2.24) is 4.90 Å². The molecule has 100 valence electrons. The van der Waals surface area contributed by atoms with Gasteiger partial charge in [0.05, 0.1) is 0 Å². The molecule has 2 rings (SSSR count). The van der Waals surface area contributed by atoms with Gasteiger partial charge in [-0.05, 0) is 24.8 Å². The predicted molar refractivity (Wildman–Crippen MR) is 69.4 cm³/mol. The minimum atomic E-state index is -2.49. The van der Waals surface area contributed by atoms with Gasteiger partial charge in [0.25, 0.3) is 5.92 Å². The van der Waals surface area contributed by atoms with Gasteiger partial charge in [-0.15, -0.1) is 0 Å². The maximum Gasteiger partial charge on any atom is 0.250 e. The summed E-state index contributed by atoms with van der Waals surface area (Å²) in [5, 5.41) is 8.00. The van der Waals surface area contributed by atoms with E-state index in [9.17, 15) is 8.78 Å². The normalized spacial score (nSPS) is 28.3. The van der Waals surface area contributed by atoms with Gasteiger partial charge < -0.3 is 5.41 Å². The molecule has 1 saturated heterocycles. The Labute approximate surface area is 107 Å². The first-order chi connectivity index (χ1) is 8.57. The van der Waals surface area contributed by atoms with Crippen LogP contribution < -0.4 is 0 Å². The third-order valence-corrected chi connectivity index (χ3v) is 3.60. The third kappa shape index (κ3) is 3.73. The molecule has 0 saturated carbocycles. The van der Waals surface area contributed by atoms with Crippen LogP contribution in [-0.4, -0.2) is 36.2 Å². The number of piperidine rings is 1. The van der Waals surface area contributed by atoms with Crippen LogP contribution in [0.1, 0.15) is 32.1 Å². The van der Waals surface area contributed by atoms with Crippen molar-refractivity contribution in [3.8, 4) is 0 Å². The van der Waals surface area contributed by atoms with Crippen molar-refractivity contribution in [2.45, 2.75) is 38.0 Å². The average molecular weight is 254 g/mol. The minimum absolute atomic E-state index is 0.0521. The zero-order chi connectivity index (χ0) is 13.0. The summed E-state index contributed by atoms with van der Waals surface area (Å²) in [6, 6.07) is 0. The highest BCUT2D eigenvalue weighted by Gasteiger charge is 2.34. The lowest BCUT2D eigenvalue weighted by molar-refractivity contribution is -0.0532.